The minimum Gasteiger partial charge on any atom is -0.313 e. The van der Waals surface area contributed by atoms with Crippen molar-refractivity contribution in [3.8, 4) is 0 Å². The number of hydrogen-bond donors (Lipinski definition) is 1. The average molecular weight is 342 g/mol. The Balaban J connectivity index is 2.01. The maximum atomic E-state index is 3.70. The van der Waals surface area contributed by atoms with Crippen LogP contribution in [0.1, 0.15) is 45.4 Å². The fourth-order valence-corrected chi connectivity index (χ4v) is 4.36. The summed E-state index contributed by atoms with van der Waals surface area (Å²) in [4.78, 5) is 1.40. The second kappa shape index (κ2) is 8.33. The van der Waals surface area contributed by atoms with Gasteiger partial charge in [-0.3, -0.25) is 0 Å². The Kier molecular flexibility index (Phi) is 6.75. The standard InChI is InChI=1S/C16H24BrNS/c1-2-18-15-7-5-3-4-6-8-16(15)19-14-11-9-13(17)10-12-14/h9-12,15-16,18H,2-8H2,1H3. The molecule has 0 saturated heterocycles. The van der Waals surface area contributed by atoms with Gasteiger partial charge in [0.1, 0.15) is 0 Å². The molecule has 0 spiro atoms. The van der Waals surface area contributed by atoms with Crippen molar-refractivity contribution in [2.24, 2.45) is 0 Å². The number of nitrogens with one attached hydrogen (secondary N) is 1. The molecule has 1 aliphatic carbocycles. The molecule has 1 aromatic carbocycles. The topological polar surface area (TPSA) is 12.0 Å². The summed E-state index contributed by atoms with van der Waals surface area (Å²) in [6, 6.07) is 9.44. The number of thioether (sulfide) groups is 1. The molecule has 1 aromatic rings. The first-order chi connectivity index (χ1) is 9.29. The van der Waals surface area contributed by atoms with Crippen LogP contribution in [0.2, 0.25) is 0 Å². The van der Waals surface area contributed by atoms with E-state index in [0.717, 1.165) is 16.3 Å². The highest BCUT2D eigenvalue weighted by Crippen LogP contribution is 2.33. The summed E-state index contributed by atoms with van der Waals surface area (Å²) >= 11 is 5.57. The highest BCUT2D eigenvalue weighted by atomic mass is 79.9. The molecule has 3 heteroatoms. The van der Waals surface area contributed by atoms with Gasteiger partial charge in [0.05, 0.1) is 0 Å². The summed E-state index contributed by atoms with van der Waals surface area (Å²) in [6.45, 7) is 3.31. The highest BCUT2D eigenvalue weighted by Gasteiger charge is 2.22. The van der Waals surface area contributed by atoms with E-state index in [1.165, 1.54) is 43.4 Å². The van der Waals surface area contributed by atoms with Gasteiger partial charge in [0, 0.05) is 20.7 Å². The molecular weight excluding hydrogens is 318 g/mol. The minimum atomic E-state index is 0.680. The van der Waals surface area contributed by atoms with Crippen LogP contribution in [0.3, 0.4) is 0 Å². The first kappa shape index (κ1) is 15.4. The molecular formula is C16H24BrNS. The van der Waals surface area contributed by atoms with Gasteiger partial charge in [-0.2, -0.15) is 0 Å². The monoisotopic (exact) mass is 341 g/mol. The van der Waals surface area contributed by atoms with Crippen molar-refractivity contribution in [2.45, 2.75) is 61.6 Å². The molecule has 1 saturated carbocycles. The number of halogens is 1. The summed E-state index contributed by atoms with van der Waals surface area (Å²) < 4.78 is 1.16. The van der Waals surface area contributed by atoms with Gasteiger partial charge in [0.15, 0.2) is 0 Å². The smallest absolute Gasteiger partial charge is 0.0248 e. The third-order valence-corrected chi connectivity index (χ3v) is 5.71. The van der Waals surface area contributed by atoms with E-state index in [-0.39, 0.29) is 0 Å². The Morgan fingerprint density at radius 1 is 1.11 bits per heavy atom. The molecule has 1 nitrogen and oxygen atoms in total. The second-order valence-electron chi connectivity index (χ2n) is 5.27. The third-order valence-electron chi connectivity index (χ3n) is 3.77. The predicted octanol–water partition coefficient (Wildman–Crippen LogP) is 5.24. The van der Waals surface area contributed by atoms with Crippen LogP contribution in [0.15, 0.2) is 33.6 Å². The molecule has 0 heterocycles. The lowest BCUT2D eigenvalue weighted by Gasteiger charge is -2.29. The maximum Gasteiger partial charge on any atom is 0.0248 e. The molecule has 2 unspecified atom stereocenters. The minimum absolute atomic E-state index is 0.680. The van der Waals surface area contributed by atoms with Crippen LogP contribution in [0.25, 0.3) is 0 Å². The molecule has 0 radical (unpaired) electrons. The van der Waals surface area contributed by atoms with E-state index in [4.69, 9.17) is 0 Å². The summed E-state index contributed by atoms with van der Waals surface area (Å²) in [6.07, 6.45) is 8.28. The van der Waals surface area contributed by atoms with Crippen molar-refractivity contribution >= 4 is 27.7 Å². The quantitative estimate of drug-likeness (QED) is 0.803. The summed E-state index contributed by atoms with van der Waals surface area (Å²) in [5.74, 6) is 0. The van der Waals surface area contributed by atoms with E-state index in [0.29, 0.717) is 6.04 Å². The van der Waals surface area contributed by atoms with E-state index in [2.05, 4.69) is 64.2 Å². The van der Waals surface area contributed by atoms with Gasteiger partial charge in [-0.1, -0.05) is 48.5 Å². The van der Waals surface area contributed by atoms with Gasteiger partial charge in [-0.25, -0.2) is 0 Å². The molecule has 0 aromatic heterocycles. The Morgan fingerprint density at radius 3 is 2.47 bits per heavy atom. The van der Waals surface area contributed by atoms with Crippen LogP contribution >= 0.6 is 27.7 Å². The first-order valence-corrected chi connectivity index (χ1v) is 9.12. The van der Waals surface area contributed by atoms with Crippen molar-refractivity contribution in [1.82, 2.24) is 5.32 Å². The van der Waals surface area contributed by atoms with E-state index in [9.17, 15) is 0 Å². The van der Waals surface area contributed by atoms with E-state index >= 15 is 0 Å². The molecule has 1 N–H and O–H groups in total. The van der Waals surface area contributed by atoms with Gasteiger partial charge in [-0.05, 0) is 43.7 Å². The predicted molar refractivity (Wildman–Crippen MR) is 89.0 cm³/mol. The lowest BCUT2D eigenvalue weighted by Crippen LogP contribution is -2.38. The van der Waals surface area contributed by atoms with Crippen LogP contribution in [0.5, 0.6) is 0 Å². The zero-order chi connectivity index (χ0) is 13.5. The van der Waals surface area contributed by atoms with Crippen molar-refractivity contribution < 1.29 is 0 Å². The van der Waals surface area contributed by atoms with E-state index in [1.54, 1.807) is 0 Å². The lowest BCUT2D eigenvalue weighted by atomic mass is 9.96. The van der Waals surface area contributed by atoms with Crippen LogP contribution < -0.4 is 5.32 Å². The molecule has 1 aliphatic rings. The molecule has 19 heavy (non-hydrogen) atoms. The van der Waals surface area contributed by atoms with Crippen LogP contribution in [0, 0.1) is 0 Å². The van der Waals surface area contributed by atoms with Crippen molar-refractivity contribution in [2.75, 3.05) is 6.54 Å². The van der Waals surface area contributed by atoms with Crippen LogP contribution in [-0.4, -0.2) is 17.8 Å². The van der Waals surface area contributed by atoms with Gasteiger partial charge in [-0.15, -0.1) is 11.8 Å². The van der Waals surface area contributed by atoms with E-state index in [1.807, 2.05) is 0 Å². The Bertz CT molecular complexity index is 366. The Hall–Kier alpha value is 0.01000. The number of benzene rings is 1. The van der Waals surface area contributed by atoms with Crippen molar-refractivity contribution in [1.29, 1.82) is 0 Å². The number of rotatable bonds is 4. The summed E-state index contributed by atoms with van der Waals surface area (Å²) in [5, 5.41) is 4.43. The zero-order valence-electron chi connectivity index (χ0n) is 11.7. The van der Waals surface area contributed by atoms with E-state index < -0.39 is 0 Å². The van der Waals surface area contributed by atoms with Gasteiger partial charge in [0.2, 0.25) is 0 Å². The Morgan fingerprint density at radius 2 is 1.79 bits per heavy atom. The molecule has 0 aliphatic heterocycles. The largest absolute Gasteiger partial charge is 0.313 e. The van der Waals surface area contributed by atoms with Crippen LogP contribution in [-0.2, 0) is 0 Å². The molecule has 0 bridgehead atoms. The normalized spacial score (nSPS) is 24.7. The Labute approximate surface area is 130 Å². The molecule has 2 rings (SSSR count). The third kappa shape index (κ3) is 5.13. The zero-order valence-corrected chi connectivity index (χ0v) is 14.1. The SMILES string of the molecule is CCNC1CCCCCCC1Sc1ccc(Br)cc1. The average Bonchev–Trinajstić information content (AvgIpc) is 2.39. The fraction of sp³-hybridized carbons (Fsp3) is 0.625. The molecule has 0 amide bonds. The molecule has 2 atom stereocenters. The second-order valence-corrected chi connectivity index (χ2v) is 7.49. The molecule has 106 valence electrons. The molecule has 1 fully saturated rings. The van der Waals surface area contributed by atoms with Crippen molar-refractivity contribution in [3.63, 3.8) is 0 Å². The highest BCUT2D eigenvalue weighted by molar-refractivity contribution is 9.10. The van der Waals surface area contributed by atoms with Crippen LogP contribution in [0.4, 0.5) is 0 Å². The van der Waals surface area contributed by atoms with Crippen molar-refractivity contribution in [3.05, 3.63) is 28.7 Å². The maximum absolute atomic E-state index is 3.70. The first-order valence-electron chi connectivity index (χ1n) is 7.45. The fourth-order valence-electron chi connectivity index (χ4n) is 2.78. The summed E-state index contributed by atoms with van der Waals surface area (Å²) in [5.41, 5.74) is 0. The van der Waals surface area contributed by atoms with Gasteiger partial charge >= 0.3 is 0 Å². The number of hydrogen-bond acceptors (Lipinski definition) is 2. The summed E-state index contributed by atoms with van der Waals surface area (Å²) in [7, 11) is 0. The van der Waals surface area contributed by atoms with Gasteiger partial charge in [0.25, 0.3) is 0 Å². The van der Waals surface area contributed by atoms with Gasteiger partial charge < -0.3 is 5.32 Å². The lowest BCUT2D eigenvalue weighted by molar-refractivity contribution is 0.406.